The fourth-order valence-electron chi connectivity index (χ4n) is 3.05. The van der Waals surface area contributed by atoms with E-state index in [1.807, 2.05) is 36.1 Å². The van der Waals surface area contributed by atoms with Crippen LogP contribution in [0.2, 0.25) is 0 Å². The van der Waals surface area contributed by atoms with Crippen LogP contribution in [0.3, 0.4) is 0 Å². The zero-order valence-corrected chi connectivity index (χ0v) is 17.1. The number of benzene rings is 1. The van der Waals surface area contributed by atoms with E-state index in [0.717, 1.165) is 42.1 Å². The average Bonchev–Trinajstić information content (AvgIpc) is 3.32. The molecular weight excluding hydrogens is 413 g/mol. The van der Waals surface area contributed by atoms with Crippen LogP contribution >= 0.6 is 40.7 Å². The quantitative estimate of drug-likeness (QED) is 0.785. The molecule has 1 saturated carbocycles. The number of hydrogen-bond donors (Lipinski definition) is 1. The predicted octanol–water partition coefficient (Wildman–Crippen LogP) is 3.02. The average molecular weight is 439 g/mol. The van der Waals surface area contributed by atoms with Gasteiger partial charge in [0.05, 0.1) is 0 Å². The van der Waals surface area contributed by atoms with Crippen molar-refractivity contribution in [3.63, 3.8) is 0 Å². The second-order valence-corrected chi connectivity index (χ2v) is 7.66. The van der Waals surface area contributed by atoms with Crippen LogP contribution in [0.15, 0.2) is 28.7 Å². The second-order valence-electron chi connectivity index (χ2n) is 6.75. The third-order valence-electron chi connectivity index (χ3n) is 4.76. The SMILES string of the molecule is CC(N)(C(=O)N1CCN(CC2CC2)CC1)c1ccc(Br)cc1.Cl.Cl. The van der Waals surface area contributed by atoms with Gasteiger partial charge in [-0.25, -0.2) is 0 Å². The van der Waals surface area contributed by atoms with Gasteiger partial charge in [-0.1, -0.05) is 28.1 Å². The van der Waals surface area contributed by atoms with E-state index in [0.29, 0.717) is 0 Å². The highest BCUT2D eigenvalue weighted by Gasteiger charge is 2.36. The Morgan fingerprint density at radius 3 is 2.21 bits per heavy atom. The maximum absolute atomic E-state index is 12.8. The lowest BCUT2D eigenvalue weighted by atomic mass is 9.91. The van der Waals surface area contributed by atoms with Crippen molar-refractivity contribution >= 4 is 46.7 Å². The summed E-state index contributed by atoms with van der Waals surface area (Å²) in [7, 11) is 0. The van der Waals surface area contributed by atoms with Crippen molar-refractivity contribution in [1.29, 1.82) is 0 Å². The normalized spacial score (nSPS) is 20.5. The maximum atomic E-state index is 12.8. The second kappa shape index (κ2) is 8.86. The lowest BCUT2D eigenvalue weighted by molar-refractivity contribution is -0.138. The lowest BCUT2D eigenvalue weighted by Crippen LogP contribution is -2.56. The minimum Gasteiger partial charge on any atom is -0.338 e. The Kier molecular flexibility index (Phi) is 8.01. The van der Waals surface area contributed by atoms with Crippen LogP contribution in [0.1, 0.15) is 25.3 Å². The molecule has 1 atom stereocenters. The molecule has 0 bridgehead atoms. The van der Waals surface area contributed by atoms with Gasteiger partial charge in [-0.3, -0.25) is 9.69 Å². The van der Waals surface area contributed by atoms with E-state index in [1.54, 1.807) is 0 Å². The van der Waals surface area contributed by atoms with Crippen molar-refractivity contribution in [2.75, 3.05) is 32.7 Å². The highest BCUT2D eigenvalue weighted by Crippen LogP contribution is 2.30. The molecule has 7 heteroatoms. The van der Waals surface area contributed by atoms with Crippen molar-refractivity contribution in [3.8, 4) is 0 Å². The topological polar surface area (TPSA) is 49.6 Å². The molecule has 0 spiro atoms. The Morgan fingerprint density at radius 2 is 1.71 bits per heavy atom. The standard InChI is InChI=1S/C17H24BrN3O.2ClH/c1-17(19,14-4-6-15(18)7-5-14)16(22)21-10-8-20(9-11-21)12-13-2-3-13;;/h4-7,13H,2-3,8-12,19H2,1H3;2*1H. The molecule has 1 aliphatic carbocycles. The molecular formula is C17H26BrCl2N3O. The largest absolute Gasteiger partial charge is 0.338 e. The molecule has 1 heterocycles. The van der Waals surface area contributed by atoms with Crippen LogP contribution in [0.25, 0.3) is 0 Å². The zero-order chi connectivity index (χ0) is 15.7. The van der Waals surface area contributed by atoms with E-state index in [4.69, 9.17) is 5.73 Å². The van der Waals surface area contributed by atoms with E-state index in [1.165, 1.54) is 19.4 Å². The summed E-state index contributed by atoms with van der Waals surface area (Å²) in [6.07, 6.45) is 2.76. The van der Waals surface area contributed by atoms with Crippen molar-refractivity contribution in [2.24, 2.45) is 11.7 Å². The first-order chi connectivity index (χ1) is 10.5. The number of nitrogens with two attached hydrogens (primary N) is 1. The Hall–Kier alpha value is -0.330. The summed E-state index contributed by atoms with van der Waals surface area (Å²) in [6.45, 7) is 6.53. The number of hydrogen-bond acceptors (Lipinski definition) is 3. The fourth-order valence-corrected chi connectivity index (χ4v) is 3.31. The van der Waals surface area contributed by atoms with Crippen LogP contribution in [-0.2, 0) is 10.3 Å². The van der Waals surface area contributed by atoms with E-state index in [2.05, 4.69) is 20.8 Å². The van der Waals surface area contributed by atoms with E-state index in [-0.39, 0.29) is 30.7 Å². The van der Waals surface area contributed by atoms with Gasteiger partial charge >= 0.3 is 0 Å². The molecule has 136 valence electrons. The number of carbonyl (C=O) groups excluding carboxylic acids is 1. The monoisotopic (exact) mass is 437 g/mol. The van der Waals surface area contributed by atoms with Gasteiger partial charge < -0.3 is 10.6 Å². The molecule has 3 rings (SSSR count). The number of amides is 1. The Balaban J connectivity index is 0.00000144. The van der Waals surface area contributed by atoms with Gasteiger partial charge in [0.25, 0.3) is 0 Å². The van der Waals surface area contributed by atoms with Crippen LogP contribution in [0.4, 0.5) is 0 Å². The molecule has 1 aromatic rings. The number of nitrogens with zero attached hydrogens (tertiary/aromatic N) is 2. The van der Waals surface area contributed by atoms with Gasteiger partial charge in [-0.15, -0.1) is 24.8 Å². The zero-order valence-electron chi connectivity index (χ0n) is 13.9. The summed E-state index contributed by atoms with van der Waals surface area (Å²) >= 11 is 3.42. The minimum absolute atomic E-state index is 0. The van der Waals surface area contributed by atoms with E-state index < -0.39 is 5.54 Å². The van der Waals surface area contributed by atoms with Crippen LogP contribution in [0, 0.1) is 5.92 Å². The summed E-state index contributed by atoms with van der Waals surface area (Å²) in [5.41, 5.74) is 6.27. The molecule has 4 nitrogen and oxygen atoms in total. The van der Waals surface area contributed by atoms with Gasteiger partial charge in [0, 0.05) is 37.2 Å². The van der Waals surface area contributed by atoms with Gasteiger partial charge in [-0.05, 0) is 43.4 Å². The van der Waals surface area contributed by atoms with Crippen molar-refractivity contribution < 1.29 is 4.79 Å². The van der Waals surface area contributed by atoms with Crippen LogP contribution < -0.4 is 5.73 Å². The first kappa shape index (κ1) is 21.7. The molecule has 0 radical (unpaired) electrons. The van der Waals surface area contributed by atoms with Gasteiger partial charge in [0.2, 0.25) is 5.91 Å². The molecule has 1 saturated heterocycles. The lowest BCUT2D eigenvalue weighted by Gasteiger charge is -2.38. The molecule has 2 N–H and O–H groups in total. The van der Waals surface area contributed by atoms with Crippen molar-refractivity contribution in [1.82, 2.24) is 9.80 Å². The first-order valence-electron chi connectivity index (χ1n) is 8.03. The number of piperazine rings is 1. The van der Waals surface area contributed by atoms with Crippen LogP contribution in [0.5, 0.6) is 0 Å². The van der Waals surface area contributed by atoms with Crippen molar-refractivity contribution in [3.05, 3.63) is 34.3 Å². The summed E-state index contributed by atoms with van der Waals surface area (Å²) in [6, 6.07) is 7.71. The predicted molar refractivity (Wildman–Crippen MR) is 106 cm³/mol. The van der Waals surface area contributed by atoms with Gasteiger partial charge in [-0.2, -0.15) is 0 Å². The molecule has 2 aliphatic rings. The molecule has 24 heavy (non-hydrogen) atoms. The third kappa shape index (κ3) is 5.09. The molecule has 1 unspecified atom stereocenters. The van der Waals surface area contributed by atoms with Crippen LogP contribution in [-0.4, -0.2) is 48.4 Å². The van der Waals surface area contributed by atoms with E-state index >= 15 is 0 Å². The molecule has 1 aromatic carbocycles. The van der Waals surface area contributed by atoms with E-state index in [9.17, 15) is 4.79 Å². The molecule has 0 aromatic heterocycles. The maximum Gasteiger partial charge on any atom is 0.247 e. The smallest absolute Gasteiger partial charge is 0.247 e. The first-order valence-corrected chi connectivity index (χ1v) is 8.83. The number of carbonyl (C=O) groups is 1. The number of halogens is 3. The Labute approximate surface area is 165 Å². The molecule has 1 aliphatic heterocycles. The summed E-state index contributed by atoms with van der Waals surface area (Å²) in [4.78, 5) is 17.2. The Morgan fingerprint density at radius 1 is 1.17 bits per heavy atom. The summed E-state index contributed by atoms with van der Waals surface area (Å²) < 4.78 is 0.994. The van der Waals surface area contributed by atoms with Gasteiger partial charge in [0.15, 0.2) is 0 Å². The summed E-state index contributed by atoms with van der Waals surface area (Å²) in [5.74, 6) is 0.936. The summed E-state index contributed by atoms with van der Waals surface area (Å²) in [5, 5.41) is 0. The highest BCUT2D eigenvalue weighted by atomic mass is 79.9. The van der Waals surface area contributed by atoms with Gasteiger partial charge in [0.1, 0.15) is 5.54 Å². The minimum atomic E-state index is -0.959. The fraction of sp³-hybridized carbons (Fsp3) is 0.588. The number of rotatable bonds is 4. The molecule has 1 amide bonds. The third-order valence-corrected chi connectivity index (χ3v) is 5.29. The van der Waals surface area contributed by atoms with Crippen molar-refractivity contribution in [2.45, 2.75) is 25.3 Å². The molecule has 2 fully saturated rings. The Bertz CT molecular complexity index is 541. The highest BCUT2D eigenvalue weighted by molar-refractivity contribution is 9.10.